The first kappa shape index (κ1) is 27.0. The first-order valence-corrected chi connectivity index (χ1v) is 11.7. The van der Waals surface area contributed by atoms with Crippen molar-refractivity contribution in [2.45, 2.75) is 57.1 Å². The summed E-state index contributed by atoms with van der Waals surface area (Å²) in [6, 6.07) is 18.4. The molecule has 0 radical (unpaired) electrons. The van der Waals surface area contributed by atoms with Gasteiger partial charge in [-0.25, -0.2) is 23.1 Å². The third-order valence-electron chi connectivity index (χ3n) is 6.71. The molecule has 1 aliphatic carbocycles. The SMILES string of the molecule is Cc1[nH]cc(CCCOC(=O)[C@](O)(c2ccccc2)[C@@H]2CCC(F)(F)C2)[n+]1Cc1ccccc1.[Br-]. The number of rotatable bonds is 9. The van der Waals surface area contributed by atoms with E-state index in [0.29, 0.717) is 18.4 Å². The molecule has 2 atom stereocenters. The lowest BCUT2D eigenvalue weighted by Crippen LogP contribution is -3.00. The fraction of sp³-hybridized carbons (Fsp3) is 0.407. The highest BCUT2D eigenvalue weighted by molar-refractivity contribution is 5.81. The van der Waals surface area contributed by atoms with E-state index in [0.717, 1.165) is 18.1 Å². The fourth-order valence-electron chi connectivity index (χ4n) is 4.80. The molecule has 0 bridgehead atoms. The Hall–Kier alpha value is -2.58. The molecule has 0 unspecified atom stereocenters. The molecule has 0 spiro atoms. The van der Waals surface area contributed by atoms with Crippen LogP contribution in [0.3, 0.4) is 0 Å². The van der Waals surface area contributed by atoms with Gasteiger partial charge in [0.05, 0.1) is 6.61 Å². The molecule has 8 heteroatoms. The van der Waals surface area contributed by atoms with Gasteiger partial charge in [0.25, 0.3) is 5.82 Å². The van der Waals surface area contributed by atoms with Crippen LogP contribution in [0.4, 0.5) is 8.78 Å². The number of aryl methyl sites for hydroxylation is 2. The Morgan fingerprint density at radius 1 is 1.17 bits per heavy atom. The summed E-state index contributed by atoms with van der Waals surface area (Å²) < 4.78 is 35.5. The van der Waals surface area contributed by atoms with E-state index in [2.05, 4.69) is 21.7 Å². The Balaban J connectivity index is 0.00000342. The van der Waals surface area contributed by atoms with Crippen LogP contribution < -0.4 is 21.5 Å². The van der Waals surface area contributed by atoms with Gasteiger partial charge in [-0.15, -0.1) is 0 Å². The first-order valence-electron chi connectivity index (χ1n) is 11.7. The lowest BCUT2D eigenvalue weighted by atomic mass is 9.80. The lowest BCUT2D eigenvalue weighted by Gasteiger charge is -2.32. The summed E-state index contributed by atoms with van der Waals surface area (Å²) in [5.74, 6) is -3.61. The number of hydrogen-bond acceptors (Lipinski definition) is 3. The molecule has 0 saturated heterocycles. The molecule has 1 heterocycles. The molecule has 0 amide bonds. The molecular formula is C27H31BrF2N2O3. The zero-order chi connectivity index (χ0) is 24.2. The average molecular weight is 549 g/mol. The number of nitrogens with one attached hydrogen (secondary N) is 1. The summed E-state index contributed by atoms with van der Waals surface area (Å²) in [5.41, 5.74) is 0.471. The van der Waals surface area contributed by atoms with E-state index in [4.69, 9.17) is 4.74 Å². The predicted molar refractivity (Wildman–Crippen MR) is 123 cm³/mol. The number of ether oxygens (including phenoxy) is 1. The Morgan fingerprint density at radius 3 is 2.46 bits per heavy atom. The van der Waals surface area contributed by atoms with Crippen molar-refractivity contribution >= 4 is 5.97 Å². The molecule has 0 aliphatic heterocycles. The maximum atomic E-state index is 13.9. The van der Waals surface area contributed by atoms with E-state index < -0.39 is 29.8 Å². The fourth-order valence-corrected chi connectivity index (χ4v) is 4.80. The summed E-state index contributed by atoms with van der Waals surface area (Å²) in [5, 5.41) is 11.4. The second-order valence-electron chi connectivity index (χ2n) is 9.10. The van der Waals surface area contributed by atoms with Crippen molar-refractivity contribution in [1.29, 1.82) is 0 Å². The standard InChI is InChI=1S/C27H30F2N2O3.BrH/c1-20-30-18-24(31(20)19-21-9-4-2-5-10-21)13-8-16-34-25(32)27(33,22-11-6-3-7-12-22)23-14-15-26(28,29)17-23;/h2-7,9-12,18,23,33H,8,13-17,19H2,1H3;1H/t23-,27+;/m1./s1. The number of nitrogens with zero attached hydrogens (tertiary/aromatic N) is 1. The molecule has 1 fully saturated rings. The highest BCUT2D eigenvalue weighted by Crippen LogP contribution is 2.47. The number of aromatic amines is 1. The summed E-state index contributed by atoms with van der Waals surface area (Å²) >= 11 is 0. The average Bonchev–Trinajstić information content (AvgIpc) is 3.39. The van der Waals surface area contributed by atoms with Crippen LogP contribution in [-0.2, 0) is 28.1 Å². The third kappa shape index (κ3) is 6.16. The topological polar surface area (TPSA) is 66.2 Å². The number of aromatic nitrogens is 2. The van der Waals surface area contributed by atoms with Crippen LogP contribution in [0.1, 0.15) is 48.3 Å². The van der Waals surface area contributed by atoms with Gasteiger partial charge in [-0.3, -0.25) is 0 Å². The van der Waals surface area contributed by atoms with Crippen molar-refractivity contribution in [1.82, 2.24) is 4.98 Å². The summed E-state index contributed by atoms with van der Waals surface area (Å²) in [6.45, 7) is 2.82. The van der Waals surface area contributed by atoms with Crippen molar-refractivity contribution < 1.29 is 45.0 Å². The number of hydrogen-bond donors (Lipinski definition) is 2. The number of carbonyl (C=O) groups excluding carboxylic acids is 1. The van der Waals surface area contributed by atoms with E-state index in [9.17, 15) is 18.7 Å². The first-order chi connectivity index (χ1) is 16.3. The number of aliphatic hydroxyl groups is 1. The van der Waals surface area contributed by atoms with Crippen LogP contribution in [0.5, 0.6) is 0 Å². The third-order valence-corrected chi connectivity index (χ3v) is 6.71. The van der Waals surface area contributed by atoms with E-state index in [1.54, 1.807) is 30.3 Å². The van der Waals surface area contributed by atoms with Gasteiger partial charge in [0.1, 0.15) is 18.4 Å². The molecular weight excluding hydrogens is 518 g/mol. The van der Waals surface area contributed by atoms with E-state index in [-0.39, 0.29) is 36.4 Å². The highest BCUT2D eigenvalue weighted by atomic mass is 79.9. The number of carbonyl (C=O) groups is 1. The molecule has 2 aromatic carbocycles. The summed E-state index contributed by atoms with van der Waals surface area (Å²) in [6.07, 6.45) is 2.35. The Labute approximate surface area is 214 Å². The quantitative estimate of drug-likeness (QED) is 0.242. The van der Waals surface area contributed by atoms with Crippen LogP contribution in [-0.4, -0.2) is 28.6 Å². The maximum Gasteiger partial charge on any atom is 0.343 e. The molecule has 4 rings (SSSR count). The van der Waals surface area contributed by atoms with Crippen molar-refractivity contribution in [2.75, 3.05) is 6.61 Å². The van der Waals surface area contributed by atoms with Gasteiger partial charge in [0.2, 0.25) is 5.92 Å². The molecule has 1 aliphatic rings. The number of benzene rings is 2. The van der Waals surface area contributed by atoms with Crippen LogP contribution in [0, 0.1) is 12.8 Å². The van der Waals surface area contributed by atoms with Crippen molar-refractivity contribution in [3.63, 3.8) is 0 Å². The number of alkyl halides is 2. The Morgan fingerprint density at radius 2 is 1.83 bits per heavy atom. The van der Waals surface area contributed by atoms with Gasteiger partial charge >= 0.3 is 5.97 Å². The Bertz CT molecular complexity index is 1110. The minimum absolute atomic E-state index is 0. The van der Waals surface area contributed by atoms with Crippen LogP contribution >= 0.6 is 0 Å². The zero-order valence-corrected chi connectivity index (χ0v) is 21.3. The van der Waals surface area contributed by atoms with E-state index in [1.165, 1.54) is 5.56 Å². The number of imidazole rings is 1. The molecule has 35 heavy (non-hydrogen) atoms. The number of esters is 1. The molecule has 3 aromatic rings. The zero-order valence-electron chi connectivity index (χ0n) is 19.7. The summed E-state index contributed by atoms with van der Waals surface area (Å²) in [4.78, 5) is 16.3. The van der Waals surface area contributed by atoms with Crippen molar-refractivity contribution in [3.8, 4) is 0 Å². The normalized spacial score (nSPS) is 18.5. The van der Waals surface area contributed by atoms with Crippen LogP contribution in [0.15, 0.2) is 66.9 Å². The highest BCUT2D eigenvalue weighted by Gasteiger charge is 2.54. The van der Waals surface area contributed by atoms with Crippen LogP contribution in [0.2, 0.25) is 0 Å². The van der Waals surface area contributed by atoms with Crippen LogP contribution in [0.25, 0.3) is 0 Å². The van der Waals surface area contributed by atoms with E-state index in [1.807, 2.05) is 31.3 Å². The van der Waals surface area contributed by atoms with Gasteiger partial charge in [0, 0.05) is 32.1 Å². The van der Waals surface area contributed by atoms with Gasteiger partial charge in [-0.2, -0.15) is 0 Å². The second-order valence-corrected chi connectivity index (χ2v) is 9.10. The van der Waals surface area contributed by atoms with Gasteiger partial charge in [0.15, 0.2) is 5.60 Å². The monoisotopic (exact) mass is 548 g/mol. The molecule has 5 nitrogen and oxygen atoms in total. The van der Waals surface area contributed by atoms with Crippen molar-refractivity contribution in [2.24, 2.45) is 5.92 Å². The largest absolute Gasteiger partial charge is 1.00 e. The Kier molecular flexibility index (Phi) is 8.83. The lowest BCUT2D eigenvalue weighted by molar-refractivity contribution is -0.700. The van der Waals surface area contributed by atoms with E-state index >= 15 is 0 Å². The number of halogens is 3. The minimum atomic E-state index is -2.88. The summed E-state index contributed by atoms with van der Waals surface area (Å²) in [7, 11) is 0. The van der Waals surface area contributed by atoms with Gasteiger partial charge < -0.3 is 26.8 Å². The smallest absolute Gasteiger partial charge is 0.343 e. The molecule has 2 N–H and O–H groups in total. The maximum absolute atomic E-state index is 13.9. The second kappa shape index (κ2) is 11.4. The van der Waals surface area contributed by atoms with Gasteiger partial charge in [-0.1, -0.05) is 60.7 Å². The predicted octanol–water partition coefficient (Wildman–Crippen LogP) is 1.46. The van der Waals surface area contributed by atoms with Gasteiger partial charge in [-0.05, 0) is 24.0 Å². The molecule has 1 saturated carbocycles. The van der Waals surface area contributed by atoms with Crippen molar-refractivity contribution in [3.05, 3.63) is 89.5 Å². The molecule has 1 aromatic heterocycles. The molecule has 188 valence electrons. The minimum Gasteiger partial charge on any atom is -1.00 e. The number of H-pyrrole nitrogens is 1.